The minimum atomic E-state index is -0.158. The van der Waals surface area contributed by atoms with E-state index in [0.29, 0.717) is 5.57 Å². The maximum absolute atomic E-state index is 11.1. The van der Waals surface area contributed by atoms with Crippen molar-refractivity contribution in [1.29, 1.82) is 0 Å². The maximum Gasteiger partial charge on any atom is 0.250 e. The van der Waals surface area contributed by atoms with Gasteiger partial charge in [0.05, 0.1) is 0 Å². The third kappa shape index (κ3) is 2.23. The van der Waals surface area contributed by atoms with E-state index in [1.54, 1.807) is 25.1 Å². The summed E-state index contributed by atoms with van der Waals surface area (Å²) < 4.78 is 0. The first-order valence-electron chi connectivity index (χ1n) is 3.63. The van der Waals surface area contributed by atoms with Gasteiger partial charge in [-0.2, -0.15) is 0 Å². The average Bonchev–Trinajstić information content (AvgIpc) is 2.06. The molecule has 0 heterocycles. The largest absolute Gasteiger partial charge is 0.322 e. The lowest BCUT2D eigenvalue weighted by Crippen LogP contribution is -2.11. The summed E-state index contributed by atoms with van der Waals surface area (Å²) in [6.45, 7) is 5.20. The van der Waals surface area contributed by atoms with Crippen molar-refractivity contribution >= 4 is 11.6 Å². The molecule has 0 spiro atoms. The molecule has 0 saturated carbocycles. The van der Waals surface area contributed by atoms with E-state index in [1.807, 2.05) is 6.07 Å². The first kappa shape index (κ1) is 8.53. The zero-order chi connectivity index (χ0) is 8.97. The third-order valence-corrected chi connectivity index (χ3v) is 1.35. The quantitative estimate of drug-likeness (QED) is 0.659. The van der Waals surface area contributed by atoms with Gasteiger partial charge in [-0.15, -0.1) is 0 Å². The topological polar surface area (TPSA) is 29.1 Å². The molecule has 61 valence electrons. The van der Waals surface area contributed by atoms with Crippen LogP contribution in [0.15, 0.2) is 36.4 Å². The molecule has 2 heteroatoms. The molecule has 2 nitrogen and oxygen atoms in total. The molecular weight excluding hydrogens is 150 g/mol. The molecule has 1 N–H and O–H groups in total. The SMILES string of the molecule is C=C(C)C(=O)Nc1c[c]ccc1. The highest BCUT2D eigenvalue weighted by molar-refractivity contribution is 6.02. The smallest absolute Gasteiger partial charge is 0.250 e. The number of amides is 1. The Morgan fingerprint density at radius 1 is 1.67 bits per heavy atom. The summed E-state index contributed by atoms with van der Waals surface area (Å²) in [5.41, 5.74) is 1.24. The second kappa shape index (κ2) is 3.72. The first-order chi connectivity index (χ1) is 5.70. The number of rotatable bonds is 2. The van der Waals surface area contributed by atoms with Crippen molar-refractivity contribution in [3.8, 4) is 0 Å². The van der Waals surface area contributed by atoms with Gasteiger partial charge in [-0.25, -0.2) is 0 Å². The molecule has 12 heavy (non-hydrogen) atoms. The summed E-state index contributed by atoms with van der Waals surface area (Å²) in [4.78, 5) is 11.1. The van der Waals surface area contributed by atoms with Crippen LogP contribution in [0.3, 0.4) is 0 Å². The van der Waals surface area contributed by atoms with Gasteiger partial charge in [0.1, 0.15) is 0 Å². The van der Waals surface area contributed by atoms with Gasteiger partial charge in [-0.05, 0) is 25.1 Å². The van der Waals surface area contributed by atoms with E-state index in [1.165, 1.54) is 0 Å². The Kier molecular flexibility index (Phi) is 2.64. The van der Waals surface area contributed by atoms with Crippen LogP contribution in [0, 0.1) is 6.07 Å². The van der Waals surface area contributed by atoms with Crippen LogP contribution in [0.4, 0.5) is 5.69 Å². The van der Waals surface area contributed by atoms with Gasteiger partial charge in [-0.3, -0.25) is 4.79 Å². The summed E-state index contributed by atoms with van der Waals surface area (Å²) in [5.74, 6) is -0.158. The Morgan fingerprint density at radius 2 is 2.42 bits per heavy atom. The lowest BCUT2D eigenvalue weighted by Gasteiger charge is -2.02. The average molecular weight is 160 g/mol. The summed E-state index contributed by atoms with van der Waals surface area (Å²) in [6, 6.07) is 9.96. The minimum Gasteiger partial charge on any atom is -0.322 e. The van der Waals surface area contributed by atoms with E-state index in [4.69, 9.17) is 0 Å². The Hall–Kier alpha value is -1.57. The van der Waals surface area contributed by atoms with E-state index >= 15 is 0 Å². The highest BCUT2D eigenvalue weighted by Crippen LogP contribution is 2.05. The molecule has 1 rings (SSSR count). The van der Waals surface area contributed by atoms with Crippen molar-refractivity contribution < 1.29 is 4.79 Å². The van der Waals surface area contributed by atoms with Crippen LogP contribution in [0.25, 0.3) is 0 Å². The van der Waals surface area contributed by atoms with Gasteiger partial charge in [0.25, 0.3) is 5.91 Å². The van der Waals surface area contributed by atoms with E-state index in [9.17, 15) is 4.79 Å². The predicted molar refractivity (Wildman–Crippen MR) is 48.7 cm³/mol. The maximum atomic E-state index is 11.1. The van der Waals surface area contributed by atoms with Gasteiger partial charge in [0, 0.05) is 11.3 Å². The Labute approximate surface area is 71.9 Å². The molecule has 0 aliphatic carbocycles. The van der Waals surface area contributed by atoms with Gasteiger partial charge in [-0.1, -0.05) is 18.7 Å². The second-order valence-corrected chi connectivity index (χ2v) is 2.53. The molecule has 0 bridgehead atoms. The Bertz CT molecular complexity index is 290. The Balaban J connectivity index is 2.65. The lowest BCUT2D eigenvalue weighted by atomic mass is 10.3. The molecule has 0 aliphatic heterocycles. The van der Waals surface area contributed by atoms with Crippen LogP contribution in [-0.4, -0.2) is 5.91 Å². The number of carbonyl (C=O) groups excluding carboxylic acids is 1. The molecule has 1 radical (unpaired) electrons. The Morgan fingerprint density at radius 3 is 2.92 bits per heavy atom. The van der Waals surface area contributed by atoms with Crippen LogP contribution in [0.1, 0.15) is 6.92 Å². The normalized spacial score (nSPS) is 9.08. The monoisotopic (exact) mass is 160 g/mol. The van der Waals surface area contributed by atoms with Crippen LogP contribution >= 0.6 is 0 Å². The molecule has 0 fully saturated rings. The number of hydrogen-bond acceptors (Lipinski definition) is 1. The van der Waals surface area contributed by atoms with Gasteiger partial charge in [0.15, 0.2) is 0 Å². The van der Waals surface area contributed by atoms with Crippen molar-refractivity contribution in [2.24, 2.45) is 0 Å². The number of carbonyl (C=O) groups is 1. The van der Waals surface area contributed by atoms with Crippen molar-refractivity contribution in [3.05, 3.63) is 42.5 Å². The van der Waals surface area contributed by atoms with Crippen LogP contribution in [-0.2, 0) is 4.79 Å². The van der Waals surface area contributed by atoms with Gasteiger partial charge in [0.2, 0.25) is 0 Å². The number of anilines is 1. The molecule has 0 aromatic heterocycles. The second-order valence-electron chi connectivity index (χ2n) is 2.53. The van der Waals surface area contributed by atoms with E-state index in [2.05, 4.69) is 18.0 Å². The number of nitrogens with one attached hydrogen (secondary N) is 1. The fourth-order valence-electron chi connectivity index (χ4n) is 0.709. The minimum absolute atomic E-state index is 0.158. The molecule has 0 aliphatic rings. The van der Waals surface area contributed by atoms with Crippen molar-refractivity contribution in [1.82, 2.24) is 0 Å². The zero-order valence-corrected chi connectivity index (χ0v) is 6.92. The van der Waals surface area contributed by atoms with Gasteiger partial charge < -0.3 is 5.32 Å². The van der Waals surface area contributed by atoms with Crippen molar-refractivity contribution in [2.75, 3.05) is 5.32 Å². The molecule has 1 aromatic rings. The van der Waals surface area contributed by atoms with Crippen LogP contribution in [0.5, 0.6) is 0 Å². The lowest BCUT2D eigenvalue weighted by molar-refractivity contribution is -0.112. The van der Waals surface area contributed by atoms with Crippen LogP contribution < -0.4 is 5.32 Å². The number of benzene rings is 1. The molecule has 0 saturated heterocycles. The third-order valence-electron chi connectivity index (χ3n) is 1.35. The predicted octanol–water partition coefficient (Wildman–Crippen LogP) is 2.00. The van der Waals surface area contributed by atoms with Crippen molar-refractivity contribution in [3.63, 3.8) is 0 Å². The van der Waals surface area contributed by atoms with Crippen LogP contribution in [0.2, 0.25) is 0 Å². The summed E-state index contributed by atoms with van der Waals surface area (Å²) in [6.07, 6.45) is 0. The summed E-state index contributed by atoms with van der Waals surface area (Å²) in [5, 5.41) is 2.67. The molecule has 0 atom stereocenters. The first-order valence-corrected chi connectivity index (χ1v) is 3.63. The molecular formula is C10H10NO. The highest BCUT2D eigenvalue weighted by Gasteiger charge is 2.00. The molecule has 0 unspecified atom stereocenters. The van der Waals surface area contributed by atoms with Gasteiger partial charge >= 0.3 is 0 Å². The highest BCUT2D eigenvalue weighted by atomic mass is 16.1. The number of hydrogen-bond donors (Lipinski definition) is 1. The van der Waals surface area contributed by atoms with Crippen molar-refractivity contribution in [2.45, 2.75) is 6.92 Å². The molecule has 1 aromatic carbocycles. The van der Waals surface area contributed by atoms with E-state index < -0.39 is 0 Å². The fourth-order valence-corrected chi connectivity index (χ4v) is 0.709. The van der Waals surface area contributed by atoms with E-state index in [-0.39, 0.29) is 5.91 Å². The zero-order valence-electron chi connectivity index (χ0n) is 6.92. The summed E-state index contributed by atoms with van der Waals surface area (Å²) in [7, 11) is 0. The fraction of sp³-hybridized carbons (Fsp3) is 0.100. The van der Waals surface area contributed by atoms with E-state index in [0.717, 1.165) is 5.69 Å². The summed E-state index contributed by atoms with van der Waals surface area (Å²) >= 11 is 0. The molecule has 1 amide bonds. The standard InChI is InChI=1S/C10H10NO/c1-8(2)10(12)11-9-6-4-3-5-7-9/h3-4,6-7H,1H2,2H3,(H,11,12).